The summed E-state index contributed by atoms with van der Waals surface area (Å²) in [4.78, 5) is 13.9. The minimum Gasteiger partial charge on any atom is -0.352 e. The smallest absolute Gasteiger partial charge is 0.224 e. The molecule has 0 aromatic rings. The van der Waals surface area contributed by atoms with Gasteiger partial charge in [-0.05, 0) is 26.4 Å². The number of nitrogens with one attached hydrogen (secondary N) is 1. The zero-order chi connectivity index (χ0) is 11.4. The fourth-order valence-electron chi connectivity index (χ4n) is 1.78. The average Bonchev–Trinajstić information content (AvgIpc) is 2.92. The summed E-state index contributed by atoms with van der Waals surface area (Å²) in [7, 11) is 0. The van der Waals surface area contributed by atoms with Gasteiger partial charge in [-0.3, -0.25) is 4.79 Å². The number of amides is 1. The van der Waals surface area contributed by atoms with Crippen LogP contribution in [0.15, 0.2) is 0 Å². The van der Waals surface area contributed by atoms with Crippen molar-refractivity contribution >= 4 is 5.91 Å². The van der Waals surface area contributed by atoms with Crippen LogP contribution in [-0.4, -0.2) is 42.5 Å². The van der Waals surface area contributed by atoms with Crippen molar-refractivity contribution in [2.75, 3.05) is 19.6 Å². The highest BCUT2D eigenvalue weighted by atomic mass is 16.2. The van der Waals surface area contributed by atoms with Gasteiger partial charge >= 0.3 is 0 Å². The maximum absolute atomic E-state index is 11.6. The number of rotatable bonds is 6. The number of hydrogen-bond donors (Lipinski definition) is 2. The minimum atomic E-state index is 0.0733. The zero-order valence-corrected chi connectivity index (χ0v) is 9.99. The van der Waals surface area contributed by atoms with Crippen LogP contribution in [0.5, 0.6) is 0 Å². The van der Waals surface area contributed by atoms with E-state index in [2.05, 4.69) is 24.1 Å². The van der Waals surface area contributed by atoms with Crippen molar-refractivity contribution in [1.82, 2.24) is 10.2 Å². The van der Waals surface area contributed by atoms with Crippen LogP contribution in [0, 0.1) is 5.92 Å². The minimum absolute atomic E-state index is 0.0733. The van der Waals surface area contributed by atoms with Crippen LogP contribution >= 0.6 is 0 Å². The number of nitrogens with two attached hydrogens (primary N) is 1. The number of likely N-dealkylation sites (N-methyl/N-ethyl adjacent to an activating group) is 1. The van der Waals surface area contributed by atoms with Gasteiger partial charge < -0.3 is 16.0 Å². The Morgan fingerprint density at radius 3 is 2.47 bits per heavy atom. The molecule has 1 saturated carbocycles. The van der Waals surface area contributed by atoms with E-state index in [1.54, 1.807) is 0 Å². The molecule has 0 saturated heterocycles. The Morgan fingerprint density at radius 2 is 2.07 bits per heavy atom. The van der Waals surface area contributed by atoms with Crippen molar-refractivity contribution in [3.63, 3.8) is 0 Å². The first kappa shape index (κ1) is 12.5. The first-order chi connectivity index (χ1) is 7.08. The Bertz CT molecular complexity index is 216. The molecule has 88 valence electrons. The molecule has 1 aliphatic carbocycles. The quantitative estimate of drug-likeness (QED) is 0.662. The van der Waals surface area contributed by atoms with Crippen molar-refractivity contribution in [3.8, 4) is 0 Å². The first-order valence-electron chi connectivity index (χ1n) is 5.86. The Balaban J connectivity index is 2.22. The number of carbonyl (C=O) groups is 1. The first-order valence-corrected chi connectivity index (χ1v) is 5.86. The molecule has 3 atom stereocenters. The van der Waals surface area contributed by atoms with E-state index in [0.717, 1.165) is 26.1 Å². The Kier molecular flexibility index (Phi) is 4.54. The van der Waals surface area contributed by atoms with Gasteiger partial charge in [-0.2, -0.15) is 0 Å². The maximum atomic E-state index is 11.6. The largest absolute Gasteiger partial charge is 0.352 e. The van der Waals surface area contributed by atoms with E-state index in [-0.39, 0.29) is 23.9 Å². The van der Waals surface area contributed by atoms with Crippen molar-refractivity contribution < 1.29 is 4.79 Å². The summed E-state index contributed by atoms with van der Waals surface area (Å²) < 4.78 is 0. The lowest BCUT2D eigenvalue weighted by Gasteiger charge is -2.23. The van der Waals surface area contributed by atoms with Crippen LogP contribution in [0.2, 0.25) is 0 Å². The van der Waals surface area contributed by atoms with Crippen molar-refractivity contribution in [2.45, 2.75) is 39.3 Å². The van der Waals surface area contributed by atoms with Crippen LogP contribution in [0.3, 0.4) is 0 Å². The highest BCUT2D eigenvalue weighted by Gasteiger charge is 2.40. The van der Waals surface area contributed by atoms with E-state index < -0.39 is 0 Å². The number of hydrogen-bond acceptors (Lipinski definition) is 3. The van der Waals surface area contributed by atoms with E-state index >= 15 is 0 Å². The predicted octanol–water partition coefficient (Wildman–Crippen LogP) is 0.180. The van der Waals surface area contributed by atoms with Crippen molar-refractivity contribution in [2.24, 2.45) is 11.7 Å². The van der Waals surface area contributed by atoms with Crippen LogP contribution < -0.4 is 11.1 Å². The number of nitrogens with zero attached hydrogens (tertiary/aromatic N) is 1. The van der Waals surface area contributed by atoms with Crippen molar-refractivity contribution in [1.29, 1.82) is 0 Å². The van der Waals surface area contributed by atoms with Gasteiger partial charge in [0.15, 0.2) is 0 Å². The second-order valence-electron chi connectivity index (χ2n) is 4.40. The highest BCUT2D eigenvalue weighted by molar-refractivity contribution is 5.82. The third kappa shape index (κ3) is 3.80. The molecular formula is C11H23N3O. The van der Waals surface area contributed by atoms with Gasteiger partial charge in [-0.15, -0.1) is 0 Å². The molecule has 0 bridgehead atoms. The Labute approximate surface area is 92.2 Å². The van der Waals surface area contributed by atoms with Gasteiger partial charge in [-0.1, -0.05) is 13.8 Å². The molecule has 4 heteroatoms. The van der Waals surface area contributed by atoms with Gasteiger partial charge in [0, 0.05) is 18.6 Å². The Hall–Kier alpha value is -0.610. The molecule has 1 rings (SSSR count). The van der Waals surface area contributed by atoms with Gasteiger partial charge in [0.25, 0.3) is 0 Å². The topological polar surface area (TPSA) is 58.4 Å². The lowest BCUT2D eigenvalue weighted by Crippen LogP contribution is -2.43. The second kappa shape index (κ2) is 5.47. The molecule has 0 radical (unpaired) electrons. The molecule has 1 aliphatic rings. The van der Waals surface area contributed by atoms with E-state index in [4.69, 9.17) is 5.73 Å². The summed E-state index contributed by atoms with van der Waals surface area (Å²) >= 11 is 0. The summed E-state index contributed by atoms with van der Waals surface area (Å²) in [5.41, 5.74) is 5.63. The fraction of sp³-hybridized carbons (Fsp3) is 0.909. The number of carbonyl (C=O) groups excluding carboxylic acids is 1. The summed E-state index contributed by atoms with van der Waals surface area (Å²) in [6.45, 7) is 9.29. The standard InChI is InChI=1S/C11H23N3O/c1-4-14(5-2)7-8(3)13-11(15)9-6-10(9)12/h8-10H,4-7,12H2,1-3H3,(H,13,15). The molecule has 0 aliphatic heterocycles. The molecule has 0 aromatic carbocycles. The molecular weight excluding hydrogens is 190 g/mol. The normalized spacial score (nSPS) is 26.5. The van der Waals surface area contributed by atoms with Crippen LogP contribution in [0.4, 0.5) is 0 Å². The summed E-state index contributed by atoms with van der Waals surface area (Å²) in [6.07, 6.45) is 0.851. The molecule has 1 amide bonds. The van der Waals surface area contributed by atoms with E-state index in [1.165, 1.54) is 0 Å². The lowest BCUT2D eigenvalue weighted by atomic mass is 10.2. The van der Waals surface area contributed by atoms with Crippen LogP contribution in [-0.2, 0) is 4.79 Å². The molecule has 0 heterocycles. The zero-order valence-electron chi connectivity index (χ0n) is 9.99. The Morgan fingerprint density at radius 1 is 1.53 bits per heavy atom. The van der Waals surface area contributed by atoms with Crippen LogP contribution in [0.1, 0.15) is 27.2 Å². The predicted molar refractivity (Wildman–Crippen MR) is 61.5 cm³/mol. The molecule has 4 nitrogen and oxygen atoms in total. The van der Waals surface area contributed by atoms with Gasteiger partial charge in [0.1, 0.15) is 0 Å². The fourth-order valence-corrected chi connectivity index (χ4v) is 1.78. The summed E-state index contributed by atoms with van der Waals surface area (Å²) in [6, 6.07) is 0.316. The van der Waals surface area contributed by atoms with Crippen molar-refractivity contribution in [3.05, 3.63) is 0 Å². The van der Waals surface area contributed by atoms with E-state index in [1.807, 2.05) is 6.92 Å². The summed E-state index contributed by atoms with van der Waals surface area (Å²) in [5, 5.41) is 3.01. The second-order valence-corrected chi connectivity index (χ2v) is 4.40. The molecule has 0 spiro atoms. The van der Waals surface area contributed by atoms with Gasteiger partial charge in [0.05, 0.1) is 5.92 Å². The SMILES string of the molecule is CCN(CC)CC(C)NC(=O)C1CC1N. The lowest BCUT2D eigenvalue weighted by molar-refractivity contribution is -0.123. The third-order valence-electron chi connectivity index (χ3n) is 2.99. The average molecular weight is 213 g/mol. The maximum Gasteiger partial charge on any atom is 0.224 e. The van der Waals surface area contributed by atoms with E-state index in [9.17, 15) is 4.79 Å². The van der Waals surface area contributed by atoms with Gasteiger partial charge in [0.2, 0.25) is 5.91 Å². The molecule has 3 unspecified atom stereocenters. The molecule has 1 fully saturated rings. The molecule has 3 N–H and O–H groups in total. The highest BCUT2D eigenvalue weighted by Crippen LogP contribution is 2.27. The molecule has 0 aromatic heterocycles. The molecule has 15 heavy (non-hydrogen) atoms. The summed E-state index contributed by atoms with van der Waals surface area (Å²) in [5.74, 6) is 0.200. The third-order valence-corrected chi connectivity index (χ3v) is 2.99. The monoisotopic (exact) mass is 213 g/mol. The van der Waals surface area contributed by atoms with Gasteiger partial charge in [-0.25, -0.2) is 0 Å². The van der Waals surface area contributed by atoms with Crippen LogP contribution in [0.25, 0.3) is 0 Å². The van der Waals surface area contributed by atoms with E-state index in [0.29, 0.717) is 0 Å².